The van der Waals surface area contributed by atoms with E-state index in [2.05, 4.69) is 4.74 Å². The van der Waals surface area contributed by atoms with E-state index >= 15 is 0 Å². The second-order valence-corrected chi connectivity index (χ2v) is 0.800. The van der Waals surface area contributed by atoms with Crippen LogP contribution in [0.2, 0.25) is 0 Å². The molecule has 0 aliphatic carbocycles. The number of alkyl halides is 1. The van der Waals surface area contributed by atoms with Gasteiger partial charge in [-0.25, -0.2) is 0 Å². The fraction of sp³-hybridized carbons (Fsp3) is 1.00. The Balaban J connectivity index is 2.17. The maximum absolute atomic E-state index is 10.9. The molecular formula is C2H4FO+. The van der Waals surface area contributed by atoms with Crippen molar-refractivity contribution in [1.29, 1.82) is 0 Å². The van der Waals surface area contributed by atoms with Gasteiger partial charge in [-0.3, -0.25) is 0 Å². The summed E-state index contributed by atoms with van der Waals surface area (Å²) in [4.78, 5) is 0. The monoisotopic (exact) mass is 63.0 g/mol. The Labute approximate surface area is 23.4 Å². The Morgan fingerprint density at radius 1 is 2.00 bits per heavy atom. The maximum Gasteiger partial charge on any atom is 0.370 e. The van der Waals surface area contributed by atoms with E-state index < -0.39 is 6.36 Å². The fourth-order valence-corrected chi connectivity index (χ4v) is 0.0398. The minimum atomic E-state index is -0.792. The minimum Gasteiger partial charge on any atom is -0.392 e. The van der Waals surface area contributed by atoms with E-state index in [1.165, 1.54) is 0 Å². The zero-order chi connectivity index (χ0) is 2.99. The summed E-state index contributed by atoms with van der Waals surface area (Å²) in [6.07, 6.45) is -0.792. The highest BCUT2D eigenvalue weighted by Gasteiger charge is 2.29. The average Bonchev–Trinajstić information content (AvgIpc) is 1.75. The van der Waals surface area contributed by atoms with Crippen molar-refractivity contribution in [3.05, 3.63) is 0 Å². The zero-order valence-electron chi connectivity index (χ0n) is 2.11. The van der Waals surface area contributed by atoms with Crippen molar-refractivity contribution in [3.63, 3.8) is 0 Å². The Kier molecular flexibility index (Phi) is 0.232. The highest BCUT2D eigenvalue weighted by Crippen LogP contribution is 2.01. The van der Waals surface area contributed by atoms with Crippen LogP contribution in [0, 0.1) is 0 Å². The lowest BCUT2D eigenvalue weighted by atomic mass is 10.9. The summed E-state index contributed by atoms with van der Waals surface area (Å²) >= 11 is 0. The topological polar surface area (TPSA) is 12.8 Å². The molecule has 1 atom stereocenters. The van der Waals surface area contributed by atoms with Crippen LogP contribution in [0.1, 0.15) is 0 Å². The molecular weight excluding hydrogens is 59.0 g/mol. The van der Waals surface area contributed by atoms with Crippen LogP contribution < -0.4 is 0 Å². The molecule has 0 aromatic carbocycles. The van der Waals surface area contributed by atoms with E-state index in [0.29, 0.717) is 6.61 Å². The molecule has 0 radical (unpaired) electrons. The molecule has 0 aromatic rings. The molecule has 1 heterocycles. The third kappa shape index (κ3) is 0.179. The van der Waals surface area contributed by atoms with E-state index in [1.807, 2.05) is 0 Å². The van der Waals surface area contributed by atoms with Crippen LogP contribution >= 0.6 is 0 Å². The van der Waals surface area contributed by atoms with E-state index in [1.54, 1.807) is 0 Å². The fourth-order valence-electron chi connectivity index (χ4n) is 0.0398. The molecule has 1 fully saturated rings. The largest absolute Gasteiger partial charge is 0.392 e. The summed E-state index contributed by atoms with van der Waals surface area (Å²) in [5, 5.41) is 0. The van der Waals surface area contributed by atoms with Crippen LogP contribution in [0.25, 0.3) is 0 Å². The van der Waals surface area contributed by atoms with Crippen molar-refractivity contribution in [3.8, 4) is 0 Å². The lowest BCUT2D eigenvalue weighted by Gasteiger charge is -1.41. The molecule has 4 heavy (non-hydrogen) atoms. The third-order valence-electron chi connectivity index (χ3n) is 0.321. The highest BCUT2D eigenvalue weighted by atomic mass is 19.2. The van der Waals surface area contributed by atoms with E-state index in [9.17, 15) is 4.39 Å². The molecule has 1 aliphatic rings. The highest BCUT2D eigenvalue weighted by molar-refractivity contribution is 4.45. The van der Waals surface area contributed by atoms with Gasteiger partial charge in [-0.2, -0.15) is 4.39 Å². The van der Waals surface area contributed by atoms with E-state index in [0.717, 1.165) is 0 Å². The third-order valence-corrected chi connectivity index (χ3v) is 0.321. The van der Waals surface area contributed by atoms with Gasteiger partial charge in [0.05, 0.1) is 0 Å². The van der Waals surface area contributed by atoms with Gasteiger partial charge in [0.2, 0.25) is 0 Å². The lowest BCUT2D eigenvalue weighted by molar-refractivity contribution is 0.126. The molecule has 24 valence electrons. The summed E-state index contributed by atoms with van der Waals surface area (Å²) < 4.78 is 14.2. The Morgan fingerprint density at radius 2 is 2.25 bits per heavy atom. The quantitative estimate of drug-likeness (QED) is 0.273. The van der Waals surface area contributed by atoms with Gasteiger partial charge < -0.3 is 4.74 Å². The number of aliphatic hydroxyl groups is 2. The zero-order valence-corrected chi connectivity index (χ0v) is 2.11. The second kappa shape index (κ2) is 0.432. The summed E-state index contributed by atoms with van der Waals surface area (Å²) in [6.45, 7) is 0.444. The van der Waals surface area contributed by atoms with Crippen LogP contribution in [0.15, 0.2) is 0 Å². The molecule has 1 rings (SSSR count). The average molecular weight is 63.1 g/mol. The molecule has 0 bridgehead atoms. The normalized spacial score (nSPS) is 39.8. The van der Waals surface area contributed by atoms with Gasteiger partial charge in [0, 0.05) is 0 Å². The van der Waals surface area contributed by atoms with E-state index in [4.69, 9.17) is 0 Å². The summed E-state index contributed by atoms with van der Waals surface area (Å²) in [5.74, 6) is 0. The SMILES string of the molecule is FC1C[OH+]1. The first-order valence-electron chi connectivity index (χ1n) is 1.20. The lowest BCUT2D eigenvalue weighted by Crippen LogP contribution is -1.57. The Morgan fingerprint density at radius 3 is 2.25 bits per heavy atom. The number of hydrogen-bond acceptors (Lipinski definition) is 0. The number of rotatable bonds is 0. The van der Waals surface area contributed by atoms with Crippen molar-refractivity contribution >= 4 is 0 Å². The molecule has 0 aromatic heterocycles. The van der Waals surface area contributed by atoms with Crippen molar-refractivity contribution in [2.45, 2.75) is 6.36 Å². The first-order chi connectivity index (χ1) is 1.89. The Bertz CT molecular complexity index is 25.2. The molecule has 1 unspecified atom stereocenters. The predicted octanol–water partition coefficient (Wildman–Crippen LogP) is -0.176. The first-order valence-corrected chi connectivity index (χ1v) is 1.20. The van der Waals surface area contributed by atoms with Gasteiger partial charge in [0.1, 0.15) is 0 Å². The van der Waals surface area contributed by atoms with Crippen molar-refractivity contribution in [1.82, 2.24) is 0 Å². The van der Waals surface area contributed by atoms with Crippen LogP contribution in [0.5, 0.6) is 0 Å². The van der Waals surface area contributed by atoms with Crippen LogP contribution in [-0.4, -0.2) is 17.7 Å². The van der Waals surface area contributed by atoms with Crippen LogP contribution in [0.3, 0.4) is 0 Å². The van der Waals surface area contributed by atoms with Crippen LogP contribution in [-0.2, 0) is 0 Å². The summed E-state index contributed by atoms with van der Waals surface area (Å²) in [7, 11) is 0. The van der Waals surface area contributed by atoms with Crippen molar-refractivity contribution < 1.29 is 9.13 Å². The number of ether oxygens (including phenoxy) is 1. The molecule has 0 spiro atoms. The molecule has 0 amide bonds. The van der Waals surface area contributed by atoms with Crippen molar-refractivity contribution in [2.24, 2.45) is 0 Å². The summed E-state index contributed by atoms with van der Waals surface area (Å²) in [6, 6.07) is 0. The van der Waals surface area contributed by atoms with Gasteiger partial charge in [0.15, 0.2) is 0 Å². The molecule has 1 saturated heterocycles. The smallest absolute Gasteiger partial charge is 0.370 e. The number of epoxide rings is 1. The predicted molar refractivity (Wildman–Crippen MR) is 12.0 cm³/mol. The van der Waals surface area contributed by atoms with Crippen molar-refractivity contribution in [2.75, 3.05) is 6.61 Å². The Hall–Kier alpha value is -0.110. The van der Waals surface area contributed by atoms with Gasteiger partial charge in [0.25, 0.3) is 6.61 Å². The van der Waals surface area contributed by atoms with Gasteiger partial charge in [-0.05, 0) is 0 Å². The summed E-state index contributed by atoms with van der Waals surface area (Å²) in [5.41, 5.74) is 0. The molecule has 0 saturated carbocycles. The number of halogens is 1. The molecule has 1 N–H and O–H groups in total. The standard InChI is InChI=1S/C2H3FO/c3-2-1-4-2/h2H,1H2/p+1. The second-order valence-electron chi connectivity index (χ2n) is 0.800. The minimum absolute atomic E-state index is 0.444. The molecule has 1 aliphatic heterocycles. The maximum atomic E-state index is 10.9. The van der Waals surface area contributed by atoms with Crippen LogP contribution in [0.4, 0.5) is 4.39 Å². The molecule has 1 nitrogen and oxygen atoms in total. The van der Waals surface area contributed by atoms with Gasteiger partial charge in [-0.15, -0.1) is 0 Å². The van der Waals surface area contributed by atoms with Gasteiger partial charge in [-0.1, -0.05) is 0 Å². The number of hydrogen-bond donors (Lipinski definition) is 0. The molecule has 2 heteroatoms. The first kappa shape index (κ1) is 2.15. The van der Waals surface area contributed by atoms with Gasteiger partial charge >= 0.3 is 6.36 Å². The van der Waals surface area contributed by atoms with E-state index in [-0.39, 0.29) is 0 Å².